The maximum absolute atomic E-state index is 12.0. The molecule has 0 saturated heterocycles. The van der Waals surface area contributed by atoms with E-state index >= 15 is 0 Å². The van der Waals surface area contributed by atoms with Crippen LogP contribution in [0.1, 0.15) is 25.0 Å². The van der Waals surface area contributed by atoms with E-state index in [1.807, 2.05) is 30.3 Å². The highest BCUT2D eigenvalue weighted by molar-refractivity contribution is 6.31. The van der Waals surface area contributed by atoms with E-state index in [2.05, 4.69) is 60.9 Å². The SMILES string of the molecule is CC1(C)c2ccccc2-c2c1c1c(-c3cc(Cl)ccc3[N+](=O)[O-])cccc1n2-c1ccccc1. The molecule has 1 heterocycles. The van der Waals surface area contributed by atoms with Gasteiger partial charge in [0.25, 0.3) is 5.69 Å². The third-order valence-corrected chi connectivity index (χ3v) is 7.17. The lowest BCUT2D eigenvalue weighted by Gasteiger charge is -2.22. The lowest BCUT2D eigenvalue weighted by atomic mass is 9.80. The van der Waals surface area contributed by atoms with Gasteiger partial charge in [-0.05, 0) is 47.0 Å². The standard InChI is InChI=1S/C29H21ClN2O2/c1-29(2)23-13-7-6-11-21(23)28-27(29)26-20(22-17-18(30)15-16-24(22)32(33)34)12-8-14-25(26)31(28)19-9-4-3-5-10-19/h3-17H,1-2H3. The van der Waals surface area contributed by atoms with Crippen molar-refractivity contribution >= 4 is 28.2 Å². The highest BCUT2D eigenvalue weighted by Crippen LogP contribution is 2.55. The van der Waals surface area contributed by atoms with E-state index in [1.54, 1.807) is 12.1 Å². The van der Waals surface area contributed by atoms with Gasteiger partial charge < -0.3 is 4.57 Å². The first-order valence-corrected chi connectivity index (χ1v) is 11.5. The van der Waals surface area contributed by atoms with Crippen LogP contribution in [0.5, 0.6) is 0 Å². The van der Waals surface area contributed by atoms with Crippen molar-refractivity contribution in [2.75, 3.05) is 0 Å². The number of nitro benzene ring substituents is 1. The molecule has 0 aliphatic heterocycles. The number of halogens is 1. The van der Waals surface area contributed by atoms with Crippen LogP contribution in [0.3, 0.4) is 0 Å². The molecule has 166 valence electrons. The Kier molecular flexibility index (Phi) is 4.45. The molecule has 0 amide bonds. The highest BCUT2D eigenvalue weighted by Gasteiger charge is 2.41. The van der Waals surface area contributed by atoms with Crippen molar-refractivity contribution in [3.05, 3.63) is 117 Å². The van der Waals surface area contributed by atoms with Gasteiger partial charge >= 0.3 is 0 Å². The van der Waals surface area contributed by atoms with Gasteiger partial charge in [-0.1, -0.05) is 80.0 Å². The summed E-state index contributed by atoms with van der Waals surface area (Å²) in [5.41, 5.74) is 7.94. The average molecular weight is 465 g/mol. The van der Waals surface area contributed by atoms with Crippen LogP contribution in [0, 0.1) is 10.1 Å². The summed E-state index contributed by atoms with van der Waals surface area (Å²) >= 11 is 6.34. The highest BCUT2D eigenvalue weighted by atomic mass is 35.5. The molecule has 0 unspecified atom stereocenters. The fourth-order valence-electron chi connectivity index (χ4n) is 5.53. The minimum atomic E-state index is -0.335. The molecule has 0 radical (unpaired) electrons. The lowest BCUT2D eigenvalue weighted by Crippen LogP contribution is -2.15. The molecule has 0 atom stereocenters. The number of para-hydroxylation sites is 1. The van der Waals surface area contributed by atoms with E-state index in [0.29, 0.717) is 10.6 Å². The second-order valence-corrected chi connectivity index (χ2v) is 9.62. The Labute approximate surface area is 202 Å². The molecule has 4 aromatic carbocycles. The molecule has 5 heteroatoms. The van der Waals surface area contributed by atoms with Crippen LogP contribution in [0.25, 0.3) is 39.0 Å². The first-order chi connectivity index (χ1) is 16.4. The van der Waals surface area contributed by atoms with Crippen molar-refractivity contribution in [3.8, 4) is 28.1 Å². The van der Waals surface area contributed by atoms with Crippen LogP contribution in [0.2, 0.25) is 5.02 Å². The summed E-state index contributed by atoms with van der Waals surface area (Å²) in [5.74, 6) is 0. The van der Waals surface area contributed by atoms with E-state index in [4.69, 9.17) is 11.6 Å². The molecule has 0 bridgehead atoms. The van der Waals surface area contributed by atoms with Crippen molar-refractivity contribution < 1.29 is 4.92 Å². The zero-order chi connectivity index (χ0) is 23.6. The second kappa shape index (κ2) is 7.31. The quantitative estimate of drug-likeness (QED) is 0.200. The Morgan fingerprint density at radius 2 is 1.53 bits per heavy atom. The first-order valence-electron chi connectivity index (χ1n) is 11.2. The maximum Gasteiger partial charge on any atom is 0.277 e. The predicted octanol–water partition coefficient (Wildman–Crippen LogP) is 8.17. The number of fused-ring (bicyclic) bond motifs is 5. The van der Waals surface area contributed by atoms with Crippen molar-refractivity contribution in [3.63, 3.8) is 0 Å². The monoisotopic (exact) mass is 464 g/mol. The Morgan fingerprint density at radius 1 is 0.824 bits per heavy atom. The zero-order valence-corrected chi connectivity index (χ0v) is 19.5. The van der Waals surface area contributed by atoms with Gasteiger partial charge in [-0.2, -0.15) is 0 Å². The van der Waals surface area contributed by atoms with E-state index < -0.39 is 0 Å². The molecule has 1 aliphatic carbocycles. The summed E-state index contributed by atoms with van der Waals surface area (Å²) in [5, 5.41) is 13.5. The van der Waals surface area contributed by atoms with Crippen LogP contribution < -0.4 is 0 Å². The van der Waals surface area contributed by atoms with E-state index in [9.17, 15) is 10.1 Å². The fraction of sp³-hybridized carbons (Fsp3) is 0.103. The number of rotatable bonds is 3. The zero-order valence-electron chi connectivity index (χ0n) is 18.7. The van der Waals surface area contributed by atoms with E-state index in [1.165, 1.54) is 22.8 Å². The molecule has 1 aliphatic rings. The van der Waals surface area contributed by atoms with Crippen LogP contribution >= 0.6 is 11.6 Å². The molecule has 0 N–H and O–H groups in total. The van der Waals surface area contributed by atoms with E-state index in [0.717, 1.165) is 27.8 Å². The molecule has 6 rings (SSSR count). The normalized spacial score (nSPS) is 13.6. The smallest absolute Gasteiger partial charge is 0.277 e. The molecule has 0 spiro atoms. The molecule has 1 aromatic heterocycles. The van der Waals surface area contributed by atoms with Gasteiger partial charge in [0.1, 0.15) is 0 Å². The molecule has 0 saturated carbocycles. The summed E-state index contributed by atoms with van der Waals surface area (Å²) < 4.78 is 2.29. The van der Waals surface area contributed by atoms with Gasteiger partial charge in [0.15, 0.2) is 0 Å². The van der Waals surface area contributed by atoms with Crippen molar-refractivity contribution in [2.24, 2.45) is 0 Å². The predicted molar refractivity (Wildman–Crippen MR) is 138 cm³/mol. The molecule has 0 fully saturated rings. The molecular weight excluding hydrogens is 444 g/mol. The Hall–Kier alpha value is -3.89. The fourth-order valence-corrected chi connectivity index (χ4v) is 5.70. The Bertz CT molecular complexity index is 1620. The van der Waals surface area contributed by atoms with Crippen molar-refractivity contribution in [1.82, 2.24) is 4.57 Å². The largest absolute Gasteiger partial charge is 0.309 e. The molecular formula is C29H21ClN2O2. The van der Waals surface area contributed by atoms with Gasteiger partial charge in [0.05, 0.1) is 21.7 Å². The van der Waals surface area contributed by atoms with Crippen LogP contribution in [-0.4, -0.2) is 9.49 Å². The van der Waals surface area contributed by atoms with Gasteiger partial charge in [-0.15, -0.1) is 0 Å². The second-order valence-electron chi connectivity index (χ2n) is 9.18. The van der Waals surface area contributed by atoms with Gasteiger partial charge in [0.2, 0.25) is 0 Å². The van der Waals surface area contributed by atoms with E-state index in [-0.39, 0.29) is 16.0 Å². The summed E-state index contributed by atoms with van der Waals surface area (Å²) in [4.78, 5) is 11.6. The first kappa shape index (κ1) is 20.7. The van der Waals surface area contributed by atoms with Gasteiger partial charge in [-0.25, -0.2) is 0 Å². The van der Waals surface area contributed by atoms with Crippen LogP contribution in [-0.2, 0) is 5.41 Å². The number of nitro groups is 1. The number of hydrogen-bond acceptors (Lipinski definition) is 2. The van der Waals surface area contributed by atoms with Crippen LogP contribution in [0.15, 0.2) is 91.0 Å². The van der Waals surface area contributed by atoms with Crippen LogP contribution in [0.4, 0.5) is 5.69 Å². The summed E-state index contributed by atoms with van der Waals surface area (Å²) in [6.07, 6.45) is 0. The van der Waals surface area contributed by atoms with Gasteiger partial charge in [0, 0.05) is 33.1 Å². The Morgan fingerprint density at radius 3 is 2.29 bits per heavy atom. The van der Waals surface area contributed by atoms with Gasteiger partial charge in [-0.3, -0.25) is 10.1 Å². The third kappa shape index (κ3) is 2.79. The molecule has 4 nitrogen and oxygen atoms in total. The average Bonchev–Trinajstić information content (AvgIpc) is 3.30. The molecule has 34 heavy (non-hydrogen) atoms. The van der Waals surface area contributed by atoms with Crippen molar-refractivity contribution in [1.29, 1.82) is 0 Å². The molecule has 5 aromatic rings. The number of hydrogen-bond donors (Lipinski definition) is 0. The summed E-state index contributed by atoms with van der Waals surface area (Å²) in [6, 6.07) is 29.6. The number of aromatic nitrogens is 1. The third-order valence-electron chi connectivity index (χ3n) is 6.93. The van der Waals surface area contributed by atoms with Crippen molar-refractivity contribution in [2.45, 2.75) is 19.3 Å². The minimum absolute atomic E-state index is 0.0476. The summed E-state index contributed by atoms with van der Waals surface area (Å²) in [7, 11) is 0. The Balaban J connectivity index is 1.82. The lowest BCUT2D eigenvalue weighted by molar-refractivity contribution is -0.384. The summed E-state index contributed by atoms with van der Waals surface area (Å²) in [6.45, 7) is 4.46. The number of benzene rings is 4. The minimum Gasteiger partial charge on any atom is -0.309 e. The maximum atomic E-state index is 12.0. The topological polar surface area (TPSA) is 48.1 Å². The number of nitrogens with zero attached hydrogens (tertiary/aromatic N) is 2.